The monoisotopic (exact) mass is 400 g/mol. The third kappa shape index (κ3) is 3.65. The van der Waals surface area contributed by atoms with Gasteiger partial charge in [0.2, 0.25) is 16.0 Å². The van der Waals surface area contributed by atoms with E-state index in [4.69, 9.17) is 0 Å². The van der Waals surface area contributed by atoms with E-state index < -0.39 is 15.9 Å². The van der Waals surface area contributed by atoms with Gasteiger partial charge in [0.25, 0.3) is 5.91 Å². The minimum Gasteiger partial charge on any atom is -0.310 e. The Kier molecular flexibility index (Phi) is 5.81. The molecule has 0 fully saturated rings. The molecule has 0 saturated heterocycles. The van der Waals surface area contributed by atoms with Crippen molar-refractivity contribution in [2.75, 3.05) is 18.4 Å². The molecule has 3 aromatic rings. The van der Waals surface area contributed by atoms with Crippen molar-refractivity contribution in [1.29, 1.82) is 0 Å². The molecular weight excluding hydrogens is 376 g/mol. The summed E-state index contributed by atoms with van der Waals surface area (Å²) >= 11 is 0. The van der Waals surface area contributed by atoms with Gasteiger partial charge in [0.05, 0.1) is 15.9 Å². The van der Waals surface area contributed by atoms with E-state index in [1.807, 2.05) is 35.8 Å². The summed E-state index contributed by atoms with van der Waals surface area (Å²) < 4.78 is 28.7. The number of fused-ring (bicyclic) bond motifs is 1. The number of aromatic nitrogens is 2. The van der Waals surface area contributed by atoms with E-state index in [0.717, 1.165) is 11.0 Å². The fraction of sp³-hybridized carbons (Fsp3) is 0.300. The molecule has 148 valence electrons. The zero-order chi connectivity index (χ0) is 20.3. The highest BCUT2D eigenvalue weighted by molar-refractivity contribution is 7.89. The number of nitrogens with zero attached hydrogens (tertiary/aromatic N) is 3. The second-order valence-electron chi connectivity index (χ2n) is 6.24. The number of carbonyl (C=O) groups excluding carboxylic acids is 1. The Morgan fingerprint density at radius 1 is 1.07 bits per heavy atom. The minimum atomic E-state index is -3.63. The number of benzene rings is 2. The summed E-state index contributed by atoms with van der Waals surface area (Å²) in [7, 11) is -3.63. The van der Waals surface area contributed by atoms with Crippen LogP contribution in [0.25, 0.3) is 11.0 Å². The standard InChI is InChI=1S/C20H24N4O3S/c1-4-23(5-2)28(26,27)16-11-9-10-15(14-16)19(25)22-20-21-17-12-7-8-13-18(17)24(20)6-3/h7-14H,4-6H2,1-3H3,(H,21,22,25). The molecule has 0 radical (unpaired) electrons. The van der Waals surface area contributed by atoms with E-state index in [9.17, 15) is 13.2 Å². The van der Waals surface area contributed by atoms with Crippen LogP contribution in [0.3, 0.4) is 0 Å². The maximum absolute atomic E-state index is 12.8. The van der Waals surface area contributed by atoms with Crippen molar-refractivity contribution in [1.82, 2.24) is 13.9 Å². The minimum absolute atomic E-state index is 0.104. The van der Waals surface area contributed by atoms with Crippen LogP contribution in [0.15, 0.2) is 53.4 Å². The van der Waals surface area contributed by atoms with Gasteiger partial charge in [-0.15, -0.1) is 0 Å². The van der Waals surface area contributed by atoms with Crippen LogP contribution in [-0.4, -0.2) is 41.3 Å². The Hall–Kier alpha value is -2.71. The van der Waals surface area contributed by atoms with E-state index in [0.29, 0.717) is 25.6 Å². The lowest BCUT2D eigenvalue weighted by Crippen LogP contribution is -2.30. The van der Waals surface area contributed by atoms with Gasteiger partial charge >= 0.3 is 0 Å². The molecule has 1 aromatic heterocycles. The highest BCUT2D eigenvalue weighted by Gasteiger charge is 2.23. The summed E-state index contributed by atoms with van der Waals surface area (Å²) in [5.74, 6) is 0.0345. The summed E-state index contributed by atoms with van der Waals surface area (Å²) in [6.07, 6.45) is 0. The summed E-state index contributed by atoms with van der Waals surface area (Å²) in [5.41, 5.74) is 1.98. The van der Waals surface area contributed by atoms with Crippen molar-refractivity contribution in [3.63, 3.8) is 0 Å². The molecule has 1 amide bonds. The normalized spacial score (nSPS) is 11.9. The smallest absolute Gasteiger partial charge is 0.258 e. The molecule has 0 bridgehead atoms. The molecule has 7 nitrogen and oxygen atoms in total. The first kappa shape index (κ1) is 20.0. The number of anilines is 1. The molecule has 0 atom stereocenters. The Morgan fingerprint density at radius 3 is 2.46 bits per heavy atom. The molecule has 0 saturated carbocycles. The molecule has 0 unspecified atom stereocenters. The number of imidazole rings is 1. The molecule has 0 aliphatic rings. The number of hydrogen-bond donors (Lipinski definition) is 1. The average molecular weight is 401 g/mol. The van der Waals surface area contributed by atoms with Crippen LogP contribution in [0.4, 0.5) is 5.95 Å². The predicted octanol–water partition coefficient (Wildman–Crippen LogP) is 3.34. The maximum Gasteiger partial charge on any atom is 0.258 e. The SMILES string of the molecule is CCN(CC)S(=O)(=O)c1cccc(C(=O)Nc2nc3ccccc3n2CC)c1. The first-order valence-electron chi connectivity index (χ1n) is 9.29. The Bertz CT molecular complexity index is 1100. The molecule has 0 aliphatic carbocycles. The van der Waals surface area contributed by atoms with Crippen LogP contribution in [0.1, 0.15) is 31.1 Å². The van der Waals surface area contributed by atoms with Crippen LogP contribution >= 0.6 is 0 Å². The lowest BCUT2D eigenvalue weighted by Gasteiger charge is -2.18. The van der Waals surface area contributed by atoms with Crippen LogP contribution in [0.2, 0.25) is 0 Å². The fourth-order valence-corrected chi connectivity index (χ4v) is 4.68. The first-order chi connectivity index (χ1) is 13.4. The third-order valence-corrected chi connectivity index (χ3v) is 6.68. The molecule has 8 heteroatoms. The molecule has 2 aromatic carbocycles. The van der Waals surface area contributed by atoms with Gasteiger partial charge in [-0.2, -0.15) is 4.31 Å². The number of nitrogens with one attached hydrogen (secondary N) is 1. The molecule has 1 N–H and O–H groups in total. The van der Waals surface area contributed by atoms with Crippen LogP contribution in [-0.2, 0) is 16.6 Å². The van der Waals surface area contributed by atoms with E-state index in [2.05, 4.69) is 10.3 Å². The van der Waals surface area contributed by atoms with Gasteiger partial charge < -0.3 is 4.57 Å². The second-order valence-corrected chi connectivity index (χ2v) is 8.18. The number of rotatable bonds is 7. The Balaban J connectivity index is 1.92. The number of aryl methyl sites for hydroxylation is 1. The van der Waals surface area contributed by atoms with Crippen molar-refractivity contribution >= 4 is 32.9 Å². The van der Waals surface area contributed by atoms with Gasteiger partial charge in [-0.3, -0.25) is 10.1 Å². The number of carbonyl (C=O) groups is 1. The molecule has 0 aliphatic heterocycles. The number of amides is 1. The van der Waals surface area contributed by atoms with Gasteiger partial charge in [-0.05, 0) is 37.3 Å². The Labute approximate surface area is 165 Å². The second kappa shape index (κ2) is 8.12. The highest BCUT2D eigenvalue weighted by atomic mass is 32.2. The molecule has 3 rings (SSSR count). The van der Waals surface area contributed by atoms with Gasteiger partial charge in [0, 0.05) is 25.2 Å². The summed E-state index contributed by atoms with van der Waals surface area (Å²) in [6, 6.07) is 13.7. The van der Waals surface area contributed by atoms with Crippen LogP contribution in [0, 0.1) is 0 Å². The van der Waals surface area contributed by atoms with Gasteiger partial charge in [0.15, 0.2) is 0 Å². The quantitative estimate of drug-likeness (QED) is 0.659. The largest absolute Gasteiger partial charge is 0.310 e. The van der Waals surface area contributed by atoms with Crippen molar-refractivity contribution in [3.8, 4) is 0 Å². The predicted molar refractivity (Wildman–Crippen MR) is 110 cm³/mol. The lowest BCUT2D eigenvalue weighted by atomic mass is 10.2. The van der Waals surface area contributed by atoms with E-state index >= 15 is 0 Å². The van der Waals surface area contributed by atoms with Crippen LogP contribution in [0.5, 0.6) is 0 Å². The number of para-hydroxylation sites is 2. The molecular formula is C20H24N4O3S. The maximum atomic E-state index is 12.8. The summed E-state index contributed by atoms with van der Waals surface area (Å²) in [4.78, 5) is 17.4. The van der Waals surface area contributed by atoms with Gasteiger partial charge in [-0.1, -0.05) is 32.0 Å². The fourth-order valence-electron chi connectivity index (χ4n) is 3.18. The third-order valence-electron chi connectivity index (χ3n) is 4.64. The Morgan fingerprint density at radius 2 is 1.79 bits per heavy atom. The number of hydrogen-bond acceptors (Lipinski definition) is 4. The van der Waals surface area contributed by atoms with Crippen molar-refractivity contribution < 1.29 is 13.2 Å². The first-order valence-corrected chi connectivity index (χ1v) is 10.7. The number of sulfonamides is 1. The van der Waals surface area contributed by atoms with Crippen molar-refractivity contribution in [2.45, 2.75) is 32.2 Å². The zero-order valence-corrected chi connectivity index (χ0v) is 17.0. The molecule has 0 spiro atoms. The summed E-state index contributed by atoms with van der Waals surface area (Å²) in [6.45, 7) is 6.93. The van der Waals surface area contributed by atoms with E-state index in [1.165, 1.54) is 16.4 Å². The van der Waals surface area contributed by atoms with E-state index in [1.54, 1.807) is 26.0 Å². The van der Waals surface area contributed by atoms with Crippen molar-refractivity contribution in [2.24, 2.45) is 0 Å². The van der Waals surface area contributed by atoms with Crippen molar-refractivity contribution in [3.05, 3.63) is 54.1 Å². The zero-order valence-electron chi connectivity index (χ0n) is 16.2. The summed E-state index contributed by atoms with van der Waals surface area (Å²) in [5, 5.41) is 2.81. The highest BCUT2D eigenvalue weighted by Crippen LogP contribution is 2.21. The van der Waals surface area contributed by atoms with Gasteiger partial charge in [0.1, 0.15) is 0 Å². The average Bonchev–Trinajstić information content (AvgIpc) is 3.05. The lowest BCUT2D eigenvalue weighted by molar-refractivity contribution is 0.102. The van der Waals surface area contributed by atoms with E-state index in [-0.39, 0.29) is 10.5 Å². The topological polar surface area (TPSA) is 84.3 Å². The molecule has 1 heterocycles. The van der Waals surface area contributed by atoms with Crippen LogP contribution < -0.4 is 5.32 Å². The molecule has 28 heavy (non-hydrogen) atoms. The van der Waals surface area contributed by atoms with Gasteiger partial charge in [-0.25, -0.2) is 13.4 Å².